The highest BCUT2D eigenvalue weighted by Gasteiger charge is 2.34. The average Bonchev–Trinajstić information content (AvgIpc) is 3.10. The van der Waals surface area contributed by atoms with Crippen molar-refractivity contribution in [3.63, 3.8) is 0 Å². The Kier molecular flexibility index (Phi) is 6.04. The molecule has 2 aliphatic rings. The number of carbonyl (C=O) groups excluding carboxylic acids is 1. The zero-order valence-electron chi connectivity index (χ0n) is 16.2. The molecule has 0 aliphatic carbocycles. The lowest BCUT2D eigenvalue weighted by molar-refractivity contribution is -0.136. The van der Waals surface area contributed by atoms with Crippen LogP contribution in [0, 0.1) is 0 Å². The number of rotatable bonds is 5. The zero-order chi connectivity index (χ0) is 18.7. The lowest BCUT2D eigenvalue weighted by atomic mass is 10.0. The maximum absolute atomic E-state index is 13.0. The summed E-state index contributed by atoms with van der Waals surface area (Å²) in [5.74, 6) is 1.78. The minimum Gasteiger partial charge on any atom is -0.497 e. The number of amides is 1. The van der Waals surface area contributed by atoms with E-state index in [1.165, 1.54) is 0 Å². The van der Waals surface area contributed by atoms with Crippen LogP contribution in [0.1, 0.15) is 38.3 Å². The van der Waals surface area contributed by atoms with Crippen LogP contribution >= 0.6 is 0 Å². The van der Waals surface area contributed by atoms with Crippen molar-refractivity contribution in [3.8, 4) is 11.5 Å². The van der Waals surface area contributed by atoms with Crippen LogP contribution in [-0.4, -0.2) is 68.3 Å². The van der Waals surface area contributed by atoms with Crippen LogP contribution in [0.3, 0.4) is 0 Å². The van der Waals surface area contributed by atoms with E-state index in [2.05, 4.69) is 18.7 Å². The van der Waals surface area contributed by atoms with Gasteiger partial charge in [-0.3, -0.25) is 9.69 Å². The van der Waals surface area contributed by atoms with Gasteiger partial charge in [-0.15, -0.1) is 0 Å². The van der Waals surface area contributed by atoms with Crippen molar-refractivity contribution in [3.05, 3.63) is 23.8 Å². The molecule has 6 nitrogen and oxygen atoms in total. The highest BCUT2D eigenvalue weighted by molar-refractivity contribution is 5.79. The first kappa shape index (κ1) is 19.0. The Morgan fingerprint density at radius 1 is 1.19 bits per heavy atom. The monoisotopic (exact) mass is 362 g/mol. The van der Waals surface area contributed by atoms with Crippen LogP contribution in [0.2, 0.25) is 0 Å². The maximum Gasteiger partial charge on any atom is 0.237 e. The molecule has 2 heterocycles. The molecule has 1 aromatic rings. The molecule has 1 aromatic carbocycles. The number of hydrogen-bond donors (Lipinski definition) is 0. The molecular weight excluding hydrogens is 332 g/mol. The Hall–Kier alpha value is -1.79. The largest absolute Gasteiger partial charge is 0.497 e. The summed E-state index contributed by atoms with van der Waals surface area (Å²) in [5.41, 5.74) is 1.03. The van der Waals surface area contributed by atoms with Gasteiger partial charge in [-0.2, -0.15) is 0 Å². The summed E-state index contributed by atoms with van der Waals surface area (Å²) >= 11 is 0. The molecule has 0 saturated carbocycles. The first-order chi connectivity index (χ1) is 12.5. The molecule has 1 amide bonds. The van der Waals surface area contributed by atoms with E-state index < -0.39 is 0 Å². The molecule has 2 aliphatic heterocycles. The van der Waals surface area contributed by atoms with E-state index in [-0.39, 0.29) is 24.2 Å². The Bertz CT molecular complexity index is 626. The van der Waals surface area contributed by atoms with Gasteiger partial charge in [-0.05, 0) is 44.9 Å². The third kappa shape index (κ3) is 4.13. The molecule has 0 radical (unpaired) electrons. The number of nitrogens with zero attached hydrogens (tertiary/aromatic N) is 2. The Labute approximate surface area is 156 Å². The predicted octanol–water partition coefficient (Wildman–Crippen LogP) is 2.48. The lowest BCUT2D eigenvalue weighted by Gasteiger charge is -2.36. The van der Waals surface area contributed by atoms with E-state index in [1.807, 2.05) is 23.1 Å². The first-order valence-electron chi connectivity index (χ1n) is 9.41. The quantitative estimate of drug-likeness (QED) is 0.805. The van der Waals surface area contributed by atoms with E-state index in [0.29, 0.717) is 6.54 Å². The molecule has 26 heavy (non-hydrogen) atoms. The highest BCUT2D eigenvalue weighted by Crippen LogP contribution is 2.39. The van der Waals surface area contributed by atoms with Gasteiger partial charge in [0.2, 0.25) is 5.91 Å². The number of carbonyl (C=O) groups is 1. The summed E-state index contributed by atoms with van der Waals surface area (Å²) in [7, 11) is 3.33. The van der Waals surface area contributed by atoms with E-state index in [9.17, 15) is 4.79 Å². The highest BCUT2D eigenvalue weighted by atomic mass is 16.5. The summed E-state index contributed by atoms with van der Waals surface area (Å²) in [4.78, 5) is 17.2. The number of ether oxygens (including phenoxy) is 3. The van der Waals surface area contributed by atoms with Crippen molar-refractivity contribution >= 4 is 5.91 Å². The van der Waals surface area contributed by atoms with Crippen molar-refractivity contribution in [2.45, 2.75) is 44.9 Å². The van der Waals surface area contributed by atoms with Gasteiger partial charge in [0.05, 0.1) is 39.0 Å². The Morgan fingerprint density at radius 3 is 2.58 bits per heavy atom. The van der Waals surface area contributed by atoms with Crippen molar-refractivity contribution < 1.29 is 19.0 Å². The minimum absolute atomic E-state index is 0.0448. The maximum atomic E-state index is 13.0. The summed E-state index contributed by atoms with van der Waals surface area (Å²) in [6.07, 6.45) is 2.29. The number of likely N-dealkylation sites (tertiary alicyclic amines) is 1. The van der Waals surface area contributed by atoms with E-state index >= 15 is 0 Å². The van der Waals surface area contributed by atoms with Crippen LogP contribution in [0.5, 0.6) is 11.5 Å². The number of benzene rings is 1. The molecule has 0 aromatic heterocycles. The van der Waals surface area contributed by atoms with Crippen LogP contribution < -0.4 is 9.47 Å². The predicted molar refractivity (Wildman–Crippen MR) is 99.7 cm³/mol. The van der Waals surface area contributed by atoms with Gasteiger partial charge >= 0.3 is 0 Å². The van der Waals surface area contributed by atoms with Gasteiger partial charge in [-0.25, -0.2) is 0 Å². The standard InChI is InChI=1S/C20H30N2O4/c1-14-11-21(12-15(2)26-14)13-20(23)22-9-5-6-18(22)17-10-16(24-3)7-8-19(17)25-4/h7-8,10,14-15,18H,5-6,9,11-13H2,1-4H3/t14-,15+,18-/m1/s1. The van der Waals surface area contributed by atoms with Crippen LogP contribution in [0.15, 0.2) is 18.2 Å². The molecular formula is C20H30N2O4. The van der Waals surface area contributed by atoms with E-state index in [4.69, 9.17) is 14.2 Å². The van der Waals surface area contributed by atoms with Crippen LogP contribution in [0.25, 0.3) is 0 Å². The normalized spacial score (nSPS) is 26.8. The fraction of sp³-hybridized carbons (Fsp3) is 0.650. The number of morpholine rings is 1. The molecule has 0 spiro atoms. The van der Waals surface area contributed by atoms with E-state index in [0.717, 1.165) is 49.5 Å². The molecule has 0 bridgehead atoms. The fourth-order valence-electron chi connectivity index (χ4n) is 4.18. The molecule has 2 saturated heterocycles. The Balaban J connectivity index is 1.74. The van der Waals surface area contributed by atoms with Crippen molar-refractivity contribution in [1.29, 1.82) is 0 Å². The molecule has 3 atom stereocenters. The van der Waals surface area contributed by atoms with Crippen molar-refractivity contribution in [1.82, 2.24) is 9.80 Å². The first-order valence-corrected chi connectivity index (χ1v) is 9.41. The van der Waals surface area contributed by atoms with Gasteiger partial charge in [0.15, 0.2) is 0 Å². The van der Waals surface area contributed by atoms with E-state index in [1.54, 1.807) is 14.2 Å². The summed E-state index contributed by atoms with van der Waals surface area (Å²) < 4.78 is 16.7. The SMILES string of the molecule is COc1ccc(OC)c([C@H]2CCCN2C(=O)CN2C[C@@H](C)O[C@@H](C)C2)c1. The average molecular weight is 362 g/mol. The second kappa shape index (κ2) is 8.27. The molecule has 6 heteroatoms. The molecule has 3 rings (SSSR count). The van der Waals surface area contributed by atoms with Crippen molar-refractivity contribution in [2.24, 2.45) is 0 Å². The number of hydrogen-bond acceptors (Lipinski definition) is 5. The lowest BCUT2D eigenvalue weighted by Crippen LogP contribution is -2.49. The molecule has 0 unspecified atom stereocenters. The second-order valence-electron chi connectivity index (χ2n) is 7.30. The fourth-order valence-corrected chi connectivity index (χ4v) is 4.18. The van der Waals surface area contributed by atoms with Gasteiger partial charge < -0.3 is 19.1 Å². The van der Waals surface area contributed by atoms with Crippen LogP contribution in [-0.2, 0) is 9.53 Å². The third-order valence-corrected chi connectivity index (χ3v) is 5.22. The second-order valence-corrected chi connectivity index (χ2v) is 7.30. The van der Waals surface area contributed by atoms with Gasteiger partial charge in [0.25, 0.3) is 0 Å². The van der Waals surface area contributed by atoms with Gasteiger partial charge in [-0.1, -0.05) is 0 Å². The van der Waals surface area contributed by atoms with Gasteiger partial charge in [0.1, 0.15) is 11.5 Å². The third-order valence-electron chi connectivity index (χ3n) is 5.22. The minimum atomic E-state index is 0.0448. The molecule has 0 N–H and O–H groups in total. The smallest absolute Gasteiger partial charge is 0.237 e. The molecule has 144 valence electrons. The summed E-state index contributed by atoms with van der Waals surface area (Å²) in [6, 6.07) is 5.84. The van der Waals surface area contributed by atoms with Crippen LogP contribution in [0.4, 0.5) is 0 Å². The van der Waals surface area contributed by atoms with Gasteiger partial charge in [0, 0.05) is 25.2 Å². The molecule has 2 fully saturated rings. The van der Waals surface area contributed by atoms with Crippen molar-refractivity contribution in [2.75, 3.05) is 40.4 Å². The number of methoxy groups -OCH3 is 2. The topological polar surface area (TPSA) is 51.2 Å². The summed E-state index contributed by atoms with van der Waals surface area (Å²) in [6.45, 7) is 6.97. The zero-order valence-corrected chi connectivity index (χ0v) is 16.2. The Morgan fingerprint density at radius 2 is 1.92 bits per heavy atom. The summed E-state index contributed by atoms with van der Waals surface area (Å²) in [5, 5.41) is 0.